The molecule has 0 amide bonds. The molecule has 0 spiro atoms. The third kappa shape index (κ3) is 2.44. The fourth-order valence-corrected chi connectivity index (χ4v) is 1.77. The molecule has 2 unspecified atom stereocenters. The first kappa shape index (κ1) is 10.8. The predicted molar refractivity (Wildman–Crippen MR) is 59.1 cm³/mol. The summed E-state index contributed by atoms with van der Waals surface area (Å²) in [6.45, 7) is 2.16. The van der Waals surface area contributed by atoms with Crippen molar-refractivity contribution in [2.24, 2.45) is 5.92 Å². The lowest BCUT2D eigenvalue weighted by molar-refractivity contribution is -0.385. The Morgan fingerprint density at radius 3 is 2.81 bits per heavy atom. The number of nitrogens with one attached hydrogen (secondary N) is 1. The lowest BCUT2D eigenvalue weighted by Gasteiger charge is -2.02. The van der Waals surface area contributed by atoms with Gasteiger partial charge in [-0.05, 0) is 18.8 Å². The van der Waals surface area contributed by atoms with Crippen LogP contribution in [0, 0.1) is 16.0 Å². The van der Waals surface area contributed by atoms with E-state index in [2.05, 4.69) is 22.2 Å². The van der Waals surface area contributed by atoms with E-state index >= 15 is 0 Å². The second-order valence-corrected chi connectivity index (χ2v) is 4.06. The van der Waals surface area contributed by atoms with E-state index in [9.17, 15) is 10.1 Å². The Balaban J connectivity index is 1.89. The average molecular weight is 222 g/mol. The molecule has 0 aliphatic heterocycles. The van der Waals surface area contributed by atoms with Crippen LogP contribution in [0.5, 0.6) is 0 Å². The van der Waals surface area contributed by atoms with E-state index in [0.29, 0.717) is 17.9 Å². The quantitative estimate of drug-likeness (QED) is 0.608. The molecule has 1 N–H and O–H groups in total. The summed E-state index contributed by atoms with van der Waals surface area (Å²) in [6, 6.07) is 0.446. The number of hydrogen-bond donors (Lipinski definition) is 1. The maximum absolute atomic E-state index is 10.4. The zero-order chi connectivity index (χ0) is 11.5. The van der Waals surface area contributed by atoms with E-state index in [4.69, 9.17) is 0 Å². The lowest BCUT2D eigenvalue weighted by atomic mass is 10.2. The van der Waals surface area contributed by atoms with Crippen LogP contribution in [0.1, 0.15) is 26.2 Å². The summed E-state index contributed by atoms with van der Waals surface area (Å²) in [6.07, 6.45) is 6.00. The maximum atomic E-state index is 10.4. The number of hydrogen-bond acceptors (Lipinski definition) is 5. The van der Waals surface area contributed by atoms with E-state index in [0.717, 1.165) is 6.42 Å². The normalized spacial score (nSPS) is 22.8. The molecule has 0 aromatic carbocycles. The first-order valence-corrected chi connectivity index (χ1v) is 5.43. The molecule has 16 heavy (non-hydrogen) atoms. The van der Waals surface area contributed by atoms with Crippen LogP contribution in [0.4, 0.5) is 11.6 Å². The maximum Gasteiger partial charge on any atom is 0.305 e. The van der Waals surface area contributed by atoms with E-state index in [1.54, 1.807) is 0 Å². The van der Waals surface area contributed by atoms with Crippen LogP contribution in [0.3, 0.4) is 0 Å². The van der Waals surface area contributed by atoms with Gasteiger partial charge in [-0.15, -0.1) is 0 Å². The SMILES string of the molecule is CCCC1CC1Nc1ncc([N+](=O)[O-])cn1. The van der Waals surface area contributed by atoms with Crippen molar-refractivity contribution in [1.82, 2.24) is 9.97 Å². The van der Waals surface area contributed by atoms with Gasteiger partial charge in [-0.25, -0.2) is 9.97 Å². The van der Waals surface area contributed by atoms with Gasteiger partial charge in [0.25, 0.3) is 0 Å². The Bertz CT molecular complexity index is 379. The molecule has 1 fully saturated rings. The van der Waals surface area contributed by atoms with E-state index in [1.165, 1.54) is 25.2 Å². The second kappa shape index (κ2) is 4.42. The van der Waals surface area contributed by atoms with Crippen molar-refractivity contribution in [3.8, 4) is 0 Å². The van der Waals surface area contributed by atoms with Crippen LogP contribution in [-0.2, 0) is 0 Å². The number of aromatic nitrogens is 2. The third-order valence-electron chi connectivity index (χ3n) is 2.75. The van der Waals surface area contributed by atoms with Crippen molar-refractivity contribution in [3.63, 3.8) is 0 Å². The minimum atomic E-state index is -0.499. The van der Waals surface area contributed by atoms with Gasteiger partial charge in [0.2, 0.25) is 5.95 Å². The first-order chi connectivity index (χ1) is 7.70. The molecule has 1 aromatic heterocycles. The second-order valence-electron chi connectivity index (χ2n) is 4.06. The highest BCUT2D eigenvalue weighted by Gasteiger charge is 2.36. The molecule has 1 heterocycles. The van der Waals surface area contributed by atoms with E-state index in [1.807, 2.05) is 0 Å². The Labute approximate surface area is 93.3 Å². The van der Waals surface area contributed by atoms with Crippen molar-refractivity contribution in [2.75, 3.05) is 5.32 Å². The van der Waals surface area contributed by atoms with Gasteiger partial charge in [0, 0.05) is 6.04 Å². The fraction of sp³-hybridized carbons (Fsp3) is 0.600. The molecule has 1 aromatic rings. The monoisotopic (exact) mass is 222 g/mol. The Hall–Kier alpha value is -1.72. The number of nitro groups is 1. The van der Waals surface area contributed by atoms with Crippen LogP contribution < -0.4 is 5.32 Å². The number of rotatable bonds is 5. The molecular formula is C10H14N4O2. The van der Waals surface area contributed by atoms with Gasteiger partial charge >= 0.3 is 5.69 Å². The van der Waals surface area contributed by atoms with Gasteiger partial charge in [-0.2, -0.15) is 0 Å². The molecular weight excluding hydrogens is 208 g/mol. The minimum absolute atomic E-state index is 0.0774. The molecule has 1 aliphatic rings. The highest BCUT2D eigenvalue weighted by atomic mass is 16.6. The van der Waals surface area contributed by atoms with Crippen LogP contribution in [-0.4, -0.2) is 20.9 Å². The molecule has 2 rings (SSSR count). The van der Waals surface area contributed by atoms with E-state index < -0.39 is 4.92 Å². The highest BCUT2D eigenvalue weighted by Crippen LogP contribution is 2.36. The highest BCUT2D eigenvalue weighted by molar-refractivity contribution is 5.33. The Morgan fingerprint density at radius 2 is 2.25 bits per heavy atom. The summed E-state index contributed by atoms with van der Waals surface area (Å²) in [5.41, 5.74) is -0.0774. The van der Waals surface area contributed by atoms with Gasteiger partial charge in [-0.3, -0.25) is 10.1 Å². The fourth-order valence-electron chi connectivity index (χ4n) is 1.77. The smallest absolute Gasteiger partial charge is 0.305 e. The predicted octanol–water partition coefficient (Wildman–Crippen LogP) is 1.99. The van der Waals surface area contributed by atoms with Crippen molar-refractivity contribution in [3.05, 3.63) is 22.5 Å². The molecule has 0 bridgehead atoms. The molecule has 1 aliphatic carbocycles. The van der Waals surface area contributed by atoms with Gasteiger partial charge in [0.1, 0.15) is 12.4 Å². The summed E-state index contributed by atoms with van der Waals surface area (Å²) in [5.74, 6) is 1.19. The molecule has 0 saturated heterocycles. The van der Waals surface area contributed by atoms with Crippen molar-refractivity contribution >= 4 is 11.6 Å². The first-order valence-electron chi connectivity index (χ1n) is 5.43. The molecule has 86 valence electrons. The Kier molecular flexibility index (Phi) is 2.98. The largest absolute Gasteiger partial charge is 0.351 e. The third-order valence-corrected chi connectivity index (χ3v) is 2.75. The van der Waals surface area contributed by atoms with Crippen LogP contribution in [0.25, 0.3) is 0 Å². The molecule has 0 radical (unpaired) electrons. The zero-order valence-corrected chi connectivity index (χ0v) is 9.09. The lowest BCUT2D eigenvalue weighted by Crippen LogP contribution is -2.08. The molecule has 2 atom stereocenters. The van der Waals surface area contributed by atoms with Crippen LogP contribution >= 0.6 is 0 Å². The van der Waals surface area contributed by atoms with E-state index in [-0.39, 0.29) is 5.69 Å². The standard InChI is InChI=1S/C10H14N4O2/c1-2-3-7-4-9(7)13-10-11-5-8(6-12-10)14(15)16/h5-7,9H,2-4H2,1H3,(H,11,12,13). The summed E-state index contributed by atoms with van der Waals surface area (Å²) in [7, 11) is 0. The van der Waals surface area contributed by atoms with Gasteiger partial charge in [0.05, 0.1) is 4.92 Å². The van der Waals surface area contributed by atoms with Gasteiger partial charge in [-0.1, -0.05) is 13.3 Å². The topological polar surface area (TPSA) is 81.0 Å². The summed E-state index contributed by atoms with van der Waals surface area (Å²) >= 11 is 0. The van der Waals surface area contributed by atoms with Crippen LogP contribution in [0.2, 0.25) is 0 Å². The van der Waals surface area contributed by atoms with Crippen molar-refractivity contribution in [2.45, 2.75) is 32.2 Å². The van der Waals surface area contributed by atoms with Crippen molar-refractivity contribution < 1.29 is 4.92 Å². The molecule has 6 heteroatoms. The molecule has 6 nitrogen and oxygen atoms in total. The number of nitrogens with zero attached hydrogens (tertiary/aromatic N) is 3. The summed E-state index contributed by atoms with van der Waals surface area (Å²) in [5, 5.41) is 13.6. The van der Waals surface area contributed by atoms with Crippen molar-refractivity contribution in [1.29, 1.82) is 0 Å². The minimum Gasteiger partial charge on any atom is -0.351 e. The zero-order valence-electron chi connectivity index (χ0n) is 9.09. The van der Waals surface area contributed by atoms with Gasteiger partial charge < -0.3 is 5.32 Å². The Morgan fingerprint density at radius 1 is 1.56 bits per heavy atom. The summed E-state index contributed by atoms with van der Waals surface area (Å²) < 4.78 is 0. The summed E-state index contributed by atoms with van der Waals surface area (Å²) in [4.78, 5) is 17.7. The molecule has 1 saturated carbocycles. The number of anilines is 1. The van der Waals surface area contributed by atoms with Crippen LogP contribution in [0.15, 0.2) is 12.4 Å². The van der Waals surface area contributed by atoms with Gasteiger partial charge in [0.15, 0.2) is 0 Å². The average Bonchev–Trinajstić information content (AvgIpc) is 2.98.